The molecule has 5 rings (SSSR count). The number of aliphatic hydroxyl groups is 1. The van der Waals surface area contributed by atoms with Crippen LogP contribution in [-0.4, -0.2) is 27.2 Å². The van der Waals surface area contributed by atoms with E-state index in [4.69, 9.17) is 15.5 Å². The van der Waals surface area contributed by atoms with Crippen LogP contribution in [0.5, 0.6) is 0 Å². The number of benzene rings is 1. The zero-order chi connectivity index (χ0) is 32.1. The maximum absolute atomic E-state index is 13.0. The van der Waals surface area contributed by atoms with Crippen LogP contribution < -0.4 is 11.3 Å². The topological polar surface area (TPSA) is 107 Å². The summed E-state index contributed by atoms with van der Waals surface area (Å²) in [6.45, 7) is 5.17. The first-order chi connectivity index (χ1) is 21.9. The van der Waals surface area contributed by atoms with Gasteiger partial charge in [-0.1, -0.05) is 128 Å². The second kappa shape index (κ2) is 17.6. The lowest BCUT2D eigenvalue weighted by Gasteiger charge is -2.31. The zero-order valence-corrected chi connectivity index (χ0v) is 27.7. The van der Waals surface area contributed by atoms with Crippen molar-refractivity contribution in [2.45, 2.75) is 142 Å². The molecule has 2 aromatic heterocycles. The van der Waals surface area contributed by atoms with Crippen LogP contribution in [0.3, 0.4) is 0 Å². The highest BCUT2D eigenvalue weighted by molar-refractivity contribution is 5.86. The maximum Gasteiger partial charge on any atom is 0.343 e. The van der Waals surface area contributed by atoms with Crippen LogP contribution in [0, 0.1) is 0 Å². The largest absolute Gasteiger partial charge is 0.458 e. The monoisotopic (exact) mass is 617 g/mol. The molecule has 0 amide bonds. The summed E-state index contributed by atoms with van der Waals surface area (Å²) in [6.07, 6.45) is 23.0. The third-order valence-corrected chi connectivity index (χ3v) is 9.47. The molecule has 0 saturated heterocycles. The van der Waals surface area contributed by atoms with E-state index in [1.165, 1.54) is 103 Å². The molecule has 2 aliphatic heterocycles. The first kappa shape index (κ1) is 34.8. The molecule has 1 aromatic carbocycles. The molecular weight excluding hydrogens is 562 g/mol. The van der Waals surface area contributed by atoms with Gasteiger partial charge in [0, 0.05) is 16.5 Å². The Labute approximate surface area is 269 Å². The summed E-state index contributed by atoms with van der Waals surface area (Å²) in [4.78, 5) is 29.9. The first-order valence-electron chi connectivity index (χ1n) is 17.7. The number of esters is 1. The van der Waals surface area contributed by atoms with E-state index in [1.807, 2.05) is 30.3 Å². The van der Waals surface area contributed by atoms with Crippen molar-refractivity contribution < 1.29 is 14.6 Å². The van der Waals surface area contributed by atoms with Gasteiger partial charge in [0.05, 0.1) is 29.0 Å². The molecule has 2 aliphatic rings. The number of unbranched alkanes of at least 4 members (excludes halogenated alkanes) is 15. The van der Waals surface area contributed by atoms with E-state index in [-0.39, 0.29) is 18.6 Å². The minimum Gasteiger partial charge on any atom is -0.458 e. The number of ether oxygens (including phenoxy) is 1. The summed E-state index contributed by atoms with van der Waals surface area (Å²) in [5, 5.41) is 11.8. The number of aromatic nitrogens is 2. The van der Waals surface area contributed by atoms with Crippen molar-refractivity contribution >= 4 is 16.9 Å². The van der Waals surface area contributed by atoms with Crippen LogP contribution in [0.1, 0.15) is 140 Å². The molecule has 45 heavy (non-hydrogen) atoms. The molecule has 0 bridgehead atoms. The number of carbonyl (C=O) groups excluding carboxylic acids is 1. The average molecular weight is 618 g/mol. The number of para-hydroxylation sites is 1. The standard InChI is InChI=1S/C20H16N2O4.C18H39N/c1-2-20(25)14-8-16-17-12(7-11-5-3-4-6-15(11)21-17)9-22(16)18(23)13(14)10-26-19(20)24;1-2-3-4-5-6-7-8-9-10-11-12-13-14-15-16-17-18-19/h3-8,25H,2,9-10H2,1H3;2-19H2,1H3/t20-;/m0./s1. The van der Waals surface area contributed by atoms with Gasteiger partial charge in [0.1, 0.15) is 6.61 Å². The zero-order valence-electron chi connectivity index (χ0n) is 27.7. The molecule has 4 heterocycles. The highest BCUT2D eigenvalue weighted by Crippen LogP contribution is 2.38. The summed E-state index contributed by atoms with van der Waals surface area (Å²) in [5.41, 5.74) is 7.30. The molecule has 0 unspecified atom stereocenters. The van der Waals surface area contributed by atoms with Crippen LogP contribution in [0.15, 0.2) is 41.2 Å². The number of rotatable bonds is 17. The highest BCUT2D eigenvalue weighted by atomic mass is 16.6. The maximum atomic E-state index is 13.0. The normalized spacial score (nSPS) is 16.5. The lowest BCUT2D eigenvalue weighted by Crippen LogP contribution is -2.44. The van der Waals surface area contributed by atoms with Crippen molar-refractivity contribution in [3.63, 3.8) is 0 Å². The van der Waals surface area contributed by atoms with Gasteiger partial charge < -0.3 is 20.1 Å². The van der Waals surface area contributed by atoms with Crippen LogP contribution in [0.4, 0.5) is 0 Å². The summed E-state index contributed by atoms with van der Waals surface area (Å²) >= 11 is 0. The lowest BCUT2D eigenvalue weighted by atomic mass is 9.86. The molecule has 7 heteroatoms. The van der Waals surface area contributed by atoms with Gasteiger partial charge >= 0.3 is 5.97 Å². The minimum absolute atomic E-state index is 0.110. The van der Waals surface area contributed by atoms with E-state index in [9.17, 15) is 14.7 Å². The van der Waals surface area contributed by atoms with Gasteiger partial charge in [-0.2, -0.15) is 0 Å². The van der Waals surface area contributed by atoms with Gasteiger partial charge in [-0.05, 0) is 37.6 Å². The van der Waals surface area contributed by atoms with Crippen molar-refractivity contribution in [3.8, 4) is 11.4 Å². The molecule has 3 aromatic rings. The molecular formula is C38H55N3O4. The van der Waals surface area contributed by atoms with Crippen LogP contribution in [-0.2, 0) is 28.3 Å². The van der Waals surface area contributed by atoms with E-state index in [2.05, 4.69) is 6.92 Å². The molecule has 7 nitrogen and oxygen atoms in total. The van der Waals surface area contributed by atoms with Crippen molar-refractivity contribution in [3.05, 3.63) is 63.4 Å². The predicted octanol–water partition coefficient (Wildman–Crippen LogP) is 8.29. The van der Waals surface area contributed by atoms with E-state index in [1.54, 1.807) is 17.6 Å². The Morgan fingerprint density at radius 1 is 0.844 bits per heavy atom. The number of fused-ring (bicyclic) bond motifs is 5. The van der Waals surface area contributed by atoms with Crippen LogP contribution in [0.2, 0.25) is 0 Å². The number of hydrogen-bond donors (Lipinski definition) is 2. The molecule has 3 N–H and O–H groups in total. The fraction of sp³-hybridized carbons (Fsp3) is 0.605. The van der Waals surface area contributed by atoms with Crippen molar-refractivity contribution in [1.29, 1.82) is 0 Å². The van der Waals surface area contributed by atoms with E-state index in [0.29, 0.717) is 23.4 Å². The number of cyclic esters (lactones) is 1. The summed E-state index contributed by atoms with van der Waals surface area (Å²) in [5.74, 6) is -0.707. The summed E-state index contributed by atoms with van der Waals surface area (Å²) in [7, 11) is 0. The molecule has 246 valence electrons. The molecule has 0 saturated carbocycles. The van der Waals surface area contributed by atoms with Crippen LogP contribution >= 0.6 is 0 Å². The van der Waals surface area contributed by atoms with Gasteiger partial charge in [0.15, 0.2) is 5.60 Å². The fourth-order valence-electron chi connectivity index (χ4n) is 6.62. The first-order valence-corrected chi connectivity index (χ1v) is 17.7. The minimum atomic E-state index is -1.79. The van der Waals surface area contributed by atoms with E-state index in [0.717, 1.165) is 28.7 Å². The van der Waals surface area contributed by atoms with Gasteiger partial charge in [0.2, 0.25) is 0 Å². The van der Waals surface area contributed by atoms with Crippen molar-refractivity contribution in [2.75, 3.05) is 6.54 Å². The van der Waals surface area contributed by atoms with Gasteiger partial charge in [-0.3, -0.25) is 4.79 Å². The second-order valence-electron chi connectivity index (χ2n) is 12.9. The Morgan fingerprint density at radius 3 is 2.00 bits per heavy atom. The van der Waals surface area contributed by atoms with Crippen molar-refractivity contribution in [1.82, 2.24) is 9.55 Å². The van der Waals surface area contributed by atoms with E-state index >= 15 is 0 Å². The van der Waals surface area contributed by atoms with Crippen LogP contribution in [0.25, 0.3) is 22.3 Å². The fourth-order valence-corrected chi connectivity index (χ4v) is 6.62. The van der Waals surface area contributed by atoms with Gasteiger partial charge in [-0.15, -0.1) is 0 Å². The summed E-state index contributed by atoms with van der Waals surface area (Å²) < 4.78 is 6.72. The third-order valence-electron chi connectivity index (χ3n) is 9.47. The highest BCUT2D eigenvalue weighted by Gasteiger charge is 2.45. The van der Waals surface area contributed by atoms with Gasteiger partial charge in [-0.25, -0.2) is 9.78 Å². The number of nitrogens with zero attached hydrogens (tertiary/aromatic N) is 2. The Bertz CT molecular complexity index is 1430. The second-order valence-corrected chi connectivity index (χ2v) is 12.9. The molecule has 0 spiro atoms. The quantitative estimate of drug-likeness (QED) is 0.0912. The number of nitrogens with two attached hydrogens (primary N) is 1. The van der Waals surface area contributed by atoms with E-state index < -0.39 is 11.6 Å². The summed E-state index contributed by atoms with van der Waals surface area (Å²) in [6, 6.07) is 11.6. The Kier molecular flexibility index (Phi) is 13.6. The smallest absolute Gasteiger partial charge is 0.343 e. The molecule has 0 fully saturated rings. The molecule has 0 radical (unpaired) electrons. The van der Waals surface area contributed by atoms with Crippen molar-refractivity contribution in [2.24, 2.45) is 5.73 Å². The third kappa shape index (κ3) is 8.82. The molecule has 0 aliphatic carbocycles. The number of carbonyl (C=O) groups is 1. The molecule has 1 atom stereocenters. The Hall–Kier alpha value is -3.03. The Morgan fingerprint density at radius 2 is 1.42 bits per heavy atom. The Balaban J connectivity index is 0.000000218. The number of pyridine rings is 2. The lowest BCUT2D eigenvalue weighted by molar-refractivity contribution is -0.172. The number of hydrogen-bond acceptors (Lipinski definition) is 6. The average Bonchev–Trinajstić information content (AvgIpc) is 3.42. The predicted molar refractivity (Wildman–Crippen MR) is 183 cm³/mol. The SMILES string of the molecule is CCCCCCCCCCCCCCCCCCN.CC[C@@]1(O)C(=O)OCc2c1cc1n(c2=O)Cc2cc3ccccc3nc2-1. The van der Waals surface area contributed by atoms with Gasteiger partial charge in [0.25, 0.3) is 5.56 Å².